The monoisotopic (exact) mass is 452 g/mol. The first kappa shape index (κ1) is 26.5. The lowest BCUT2D eigenvalue weighted by molar-refractivity contribution is -0.168. The van der Waals surface area contributed by atoms with E-state index in [-0.39, 0.29) is 19.6 Å². The molecule has 1 heterocycles. The van der Waals surface area contributed by atoms with E-state index in [1.165, 1.54) is 6.08 Å². The molecule has 1 fully saturated rings. The van der Waals surface area contributed by atoms with Gasteiger partial charge in [-0.1, -0.05) is 18.9 Å². The lowest BCUT2D eigenvalue weighted by Crippen LogP contribution is -2.52. The van der Waals surface area contributed by atoms with Crippen LogP contribution in [0.2, 0.25) is 0 Å². The zero-order chi connectivity index (χ0) is 22.9. The molecule has 5 N–H and O–H groups in total. The molecule has 5 atom stereocenters. The molecule has 0 spiro atoms. The second kappa shape index (κ2) is 12.3. The molecule has 12 heteroatoms. The van der Waals surface area contributed by atoms with E-state index in [4.69, 9.17) is 19.4 Å². The zero-order valence-electron chi connectivity index (χ0n) is 17.4. The Morgan fingerprint density at radius 2 is 1.97 bits per heavy atom. The number of nitrogens with two attached hydrogens (primary N) is 1. The molecule has 0 radical (unpaired) electrons. The number of ether oxygens (including phenoxy) is 2. The summed E-state index contributed by atoms with van der Waals surface area (Å²) in [6.07, 6.45) is -1.07. The number of aliphatic hydroxyl groups is 2. The molecule has 11 nitrogen and oxygen atoms in total. The van der Waals surface area contributed by atoms with Crippen LogP contribution in [0.5, 0.6) is 0 Å². The van der Waals surface area contributed by atoms with Crippen molar-refractivity contribution < 1.29 is 41.9 Å². The van der Waals surface area contributed by atoms with Crippen LogP contribution in [0, 0.1) is 5.92 Å². The minimum absolute atomic E-state index is 0.0889. The van der Waals surface area contributed by atoms with Crippen molar-refractivity contribution in [2.45, 2.75) is 64.4 Å². The third-order valence-corrected chi connectivity index (χ3v) is 5.41. The summed E-state index contributed by atoms with van der Waals surface area (Å²) in [5.74, 6) is -2.25. The van der Waals surface area contributed by atoms with Gasteiger partial charge in [0, 0.05) is 12.0 Å². The van der Waals surface area contributed by atoms with Gasteiger partial charge in [0.05, 0.1) is 38.1 Å². The first-order valence-electron chi connectivity index (χ1n) is 9.78. The Morgan fingerprint density at radius 1 is 1.30 bits per heavy atom. The van der Waals surface area contributed by atoms with E-state index in [2.05, 4.69) is 0 Å². The predicted molar refractivity (Wildman–Crippen MR) is 106 cm³/mol. The maximum Gasteiger partial charge on any atom is 0.362 e. The molecule has 1 aliphatic heterocycles. The van der Waals surface area contributed by atoms with E-state index in [0.717, 1.165) is 0 Å². The van der Waals surface area contributed by atoms with Crippen molar-refractivity contribution in [1.82, 2.24) is 4.72 Å². The van der Waals surface area contributed by atoms with Crippen LogP contribution in [0.15, 0.2) is 11.6 Å². The Kier molecular flexibility index (Phi) is 10.9. The van der Waals surface area contributed by atoms with Gasteiger partial charge in [0.1, 0.15) is 6.10 Å². The maximum atomic E-state index is 11.9. The molecule has 0 unspecified atom stereocenters. The number of carbonyl (C=O) groups is 2. The minimum atomic E-state index is -4.42. The Hall–Kier alpha value is -1.57. The maximum absolute atomic E-state index is 11.9. The number of rotatable bonds is 11. The highest BCUT2D eigenvalue weighted by atomic mass is 32.2. The number of amides is 1. The van der Waals surface area contributed by atoms with Gasteiger partial charge in [0.15, 0.2) is 0 Å². The number of hydrogen-bond donors (Lipinski definition) is 4. The van der Waals surface area contributed by atoms with E-state index < -0.39 is 59.1 Å². The summed E-state index contributed by atoms with van der Waals surface area (Å²) in [5, 5.41) is 20.6. The molecule has 0 aromatic heterocycles. The number of esters is 1. The van der Waals surface area contributed by atoms with Crippen molar-refractivity contribution in [3.8, 4) is 0 Å². The Morgan fingerprint density at radius 3 is 2.57 bits per heavy atom. The number of carbonyl (C=O) groups excluding carboxylic acids is 2. The number of nitrogens with one attached hydrogen (secondary N) is 1. The first-order valence-corrected chi connectivity index (χ1v) is 11.2. The highest BCUT2D eigenvalue weighted by Gasteiger charge is 2.39. The standard InChI is InChI=1S/C18H32N2O9S/c1-4-6-13(19)18(24)20-30(25,26)29-10-12-9-28-14(17(23)16(12)22)7-11(3)8-15(21)27-5-2/h8,12-14,16-17,22-23H,4-7,9-10,19H2,1-3H3,(H,20,24)/b11-8+/t12-,13+,14+,16-,17+/m1/s1. The van der Waals surface area contributed by atoms with Crippen LogP contribution in [0.25, 0.3) is 0 Å². The van der Waals surface area contributed by atoms with E-state index in [0.29, 0.717) is 18.4 Å². The summed E-state index contributed by atoms with van der Waals surface area (Å²) in [4.78, 5) is 23.2. The van der Waals surface area contributed by atoms with Gasteiger partial charge in [-0.2, -0.15) is 8.42 Å². The molecular formula is C18H32N2O9S. The van der Waals surface area contributed by atoms with Crippen LogP contribution < -0.4 is 10.5 Å². The normalized spacial score (nSPS) is 26.1. The van der Waals surface area contributed by atoms with Crippen molar-refractivity contribution in [2.75, 3.05) is 19.8 Å². The summed E-state index contributed by atoms with van der Waals surface area (Å²) in [7, 11) is -4.42. The van der Waals surface area contributed by atoms with Crippen LogP contribution in [0.1, 0.15) is 40.0 Å². The van der Waals surface area contributed by atoms with Gasteiger partial charge >= 0.3 is 16.3 Å². The smallest absolute Gasteiger partial charge is 0.362 e. The summed E-state index contributed by atoms with van der Waals surface area (Å²) in [6, 6.07) is -0.981. The van der Waals surface area contributed by atoms with E-state index in [1.807, 2.05) is 0 Å². The van der Waals surface area contributed by atoms with Gasteiger partial charge < -0.3 is 25.4 Å². The second-order valence-corrected chi connectivity index (χ2v) is 8.51. The van der Waals surface area contributed by atoms with Crippen molar-refractivity contribution >= 4 is 22.2 Å². The third-order valence-electron chi connectivity index (χ3n) is 4.51. The topological polar surface area (TPSA) is 174 Å². The Labute approximate surface area is 176 Å². The van der Waals surface area contributed by atoms with E-state index >= 15 is 0 Å². The second-order valence-electron chi connectivity index (χ2n) is 7.16. The van der Waals surface area contributed by atoms with Crippen molar-refractivity contribution in [1.29, 1.82) is 0 Å². The average Bonchev–Trinajstić information content (AvgIpc) is 2.64. The Balaban J connectivity index is 2.58. The quantitative estimate of drug-likeness (QED) is 0.228. The summed E-state index contributed by atoms with van der Waals surface area (Å²) in [5.41, 5.74) is 6.15. The van der Waals surface area contributed by atoms with Crippen molar-refractivity contribution in [3.05, 3.63) is 11.6 Å². The highest BCUT2D eigenvalue weighted by molar-refractivity contribution is 7.85. The zero-order valence-corrected chi connectivity index (χ0v) is 18.3. The molecular weight excluding hydrogens is 420 g/mol. The molecule has 1 saturated heterocycles. The molecule has 0 saturated carbocycles. The molecule has 0 aromatic carbocycles. The van der Waals surface area contributed by atoms with Gasteiger partial charge in [-0.25, -0.2) is 9.52 Å². The van der Waals surface area contributed by atoms with Crippen LogP contribution in [0.4, 0.5) is 0 Å². The lowest BCUT2D eigenvalue weighted by atomic mass is 9.90. The van der Waals surface area contributed by atoms with Gasteiger partial charge in [0.25, 0.3) is 5.91 Å². The molecule has 0 bridgehead atoms. The predicted octanol–water partition coefficient (Wildman–Crippen LogP) is -0.872. The molecule has 174 valence electrons. The van der Waals surface area contributed by atoms with Gasteiger partial charge in [-0.15, -0.1) is 0 Å². The van der Waals surface area contributed by atoms with Gasteiger partial charge in [-0.3, -0.25) is 8.98 Å². The fourth-order valence-corrected chi connectivity index (χ4v) is 3.69. The van der Waals surface area contributed by atoms with Crippen LogP contribution in [-0.4, -0.2) is 74.7 Å². The summed E-state index contributed by atoms with van der Waals surface area (Å²) in [6.45, 7) is 4.78. The molecule has 0 aromatic rings. The SMILES string of the molecule is CCC[C@H](N)C(=O)NS(=O)(=O)OC[C@H]1CO[C@@H](C/C(C)=C/C(=O)OCC)[C@H](O)[C@@H]1O. The van der Waals surface area contributed by atoms with Crippen molar-refractivity contribution in [2.24, 2.45) is 11.7 Å². The van der Waals surface area contributed by atoms with Crippen LogP contribution >= 0.6 is 0 Å². The largest absolute Gasteiger partial charge is 0.463 e. The highest BCUT2D eigenvalue weighted by Crippen LogP contribution is 2.25. The van der Waals surface area contributed by atoms with Crippen LogP contribution in [-0.2, 0) is 33.6 Å². The third kappa shape index (κ3) is 8.66. The summed E-state index contributed by atoms with van der Waals surface area (Å²) < 4.78 is 40.6. The van der Waals surface area contributed by atoms with Gasteiger partial charge in [0.2, 0.25) is 0 Å². The fourth-order valence-electron chi connectivity index (χ4n) is 2.88. The van der Waals surface area contributed by atoms with E-state index in [9.17, 15) is 28.2 Å². The average molecular weight is 453 g/mol. The fraction of sp³-hybridized carbons (Fsp3) is 0.778. The first-order chi connectivity index (χ1) is 14.0. The van der Waals surface area contributed by atoms with Crippen LogP contribution in [0.3, 0.4) is 0 Å². The lowest BCUT2D eigenvalue weighted by Gasteiger charge is -2.37. The molecule has 0 aliphatic carbocycles. The van der Waals surface area contributed by atoms with Gasteiger partial charge in [-0.05, 0) is 26.7 Å². The summed E-state index contributed by atoms with van der Waals surface area (Å²) >= 11 is 0. The molecule has 1 amide bonds. The van der Waals surface area contributed by atoms with Crippen molar-refractivity contribution in [3.63, 3.8) is 0 Å². The minimum Gasteiger partial charge on any atom is -0.463 e. The molecule has 30 heavy (non-hydrogen) atoms. The molecule has 1 aliphatic rings. The number of aliphatic hydroxyl groups excluding tert-OH is 2. The molecule has 1 rings (SSSR count). The number of hydrogen-bond acceptors (Lipinski definition) is 10. The van der Waals surface area contributed by atoms with E-state index in [1.54, 1.807) is 25.5 Å². The Bertz CT molecular complexity index is 710.